The van der Waals surface area contributed by atoms with Gasteiger partial charge in [-0.15, -0.1) is 0 Å². The fourth-order valence-electron chi connectivity index (χ4n) is 0.688. The summed E-state index contributed by atoms with van der Waals surface area (Å²) in [7, 11) is 3.38. The quantitative estimate of drug-likeness (QED) is 0.446. The molecule has 0 aliphatic carbocycles. The summed E-state index contributed by atoms with van der Waals surface area (Å²) in [5.41, 5.74) is -0.0445. The second-order valence-electron chi connectivity index (χ2n) is 3.20. The summed E-state index contributed by atoms with van der Waals surface area (Å²) in [6.07, 6.45) is 1.83. The van der Waals surface area contributed by atoms with Crippen molar-refractivity contribution in [2.24, 2.45) is 0 Å². The van der Waals surface area contributed by atoms with Gasteiger partial charge in [0, 0.05) is 25.7 Å². The summed E-state index contributed by atoms with van der Waals surface area (Å²) in [6, 6.07) is 1.23. The summed E-state index contributed by atoms with van der Waals surface area (Å²) in [5, 5.41) is 10.1. The first-order chi connectivity index (χ1) is 7.38. The summed E-state index contributed by atoms with van der Waals surface area (Å²) in [4.78, 5) is 33.4. The zero-order chi connectivity index (χ0) is 12.7. The molecule has 1 rings (SSSR count). The second-order valence-corrected chi connectivity index (χ2v) is 3.20. The summed E-state index contributed by atoms with van der Waals surface area (Å²) >= 11 is 0. The standard InChI is InChI=1S/C6H6N2O3.C3H7NO/c1-4-2-5(8(10)11)3-7-6(4)9;1-4(2)3-5/h2-3H,1H3,(H,7,9);3H,1-2H3. The first kappa shape index (κ1) is 13.8. The van der Waals surface area contributed by atoms with Crippen molar-refractivity contribution in [3.8, 4) is 0 Å². The van der Waals surface area contributed by atoms with Crippen LogP contribution in [-0.2, 0) is 4.79 Å². The van der Waals surface area contributed by atoms with E-state index in [2.05, 4.69) is 4.98 Å². The number of amides is 1. The number of hydrogen-bond donors (Lipinski definition) is 1. The number of carbonyl (C=O) groups excluding carboxylic acids is 1. The lowest BCUT2D eigenvalue weighted by atomic mass is 10.3. The minimum Gasteiger partial charge on any atom is -0.351 e. The van der Waals surface area contributed by atoms with Crippen molar-refractivity contribution in [3.05, 3.63) is 38.3 Å². The van der Waals surface area contributed by atoms with Crippen LogP contribution < -0.4 is 5.56 Å². The molecule has 0 unspecified atom stereocenters. The Morgan fingerprint density at radius 3 is 2.31 bits per heavy atom. The van der Waals surface area contributed by atoms with Crippen molar-refractivity contribution in [1.29, 1.82) is 0 Å². The highest BCUT2D eigenvalue weighted by molar-refractivity contribution is 5.45. The van der Waals surface area contributed by atoms with Crippen LogP contribution in [0.4, 0.5) is 5.69 Å². The molecule has 0 aromatic carbocycles. The lowest BCUT2D eigenvalue weighted by Gasteiger charge is -1.93. The molecule has 0 saturated heterocycles. The maximum Gasteiger partial charge on any atom is 0.285 e. The maximum absolute atomic E-state index is 10.7. The van der Waals surface area contributed by atoms with Crippen LogP contribution in [-0.4, -0.2) is 35.3 Å². The van der Waals surface area contributed by atoms with Crippen LogP contribution in [0.15, 0.2) is 17.1 Å². The molecule has 0 saturated carbocycles. The predicted octanol–water partition coefficient (Wildman–Crippen LogP) is 0.296. The van der Waals surface area contributed by atoms with Gasteiger partial charge in [-0.1, -0.05) is 0 Å². The van der Waals surface area contributed by atoms with Gasteiger partial charge in [0.1, 0.15) is 0 Å². The van der Waals surface area contributed by atoms with E-state index in [0.29, 0.717) is 5.56 Å². The topological polar surface area (TPSA) is 96.3 Å². The van der Waals surface area contributed by atoms with Crippen LogP contribution in [0.2, 0.25) is 0 Å². The van der Waals surface area contributed by atoms with Gasteiger partial charge in [0.05, 0.1) is 11.1 Å². The Kier molecular flexibility index (Phi) is 5.47. The number of aromatic nitrogens is 1. The normalized spacial score (nSPS) is 8.69. The fraction of sp³-hybridized carbons (Fsp3) is 0.333. The van der Waals surface area contributed by atoms with Crippen molar-refractivity contribution in [2.75, 3.05) is 14.1 Å². The molecule has 7 heteroatoms. The second kappa shape index (κ2) is 6.33. The Bertz CT molecular complexity index is 425. The number of nitrogens with one attached hydrogen (secondary N) is 1. The number of nitro groups is 1. The molecule has 0 radical (unpaired) electrons. The SMILES string of the molecule is CN(C)C=O.Cc1cc([N+](=O)[O-])c[nH]c1=O. The van der Waals surface area contributed by atoms with Gasteiger partial charge < -0.3 is 9.88 Å². The monoisotopic (exact) mass is 227 g/mol. The van der Waals surface area contributed by atoms with Crippen LogP contribution in [0.25, 0.3) is 0 Å². The molecule has 1 N–H and O–H groups in total. The molecular formula is C9H13N3O4. The van der Waals surface area contributed by atoms with E-state index in [1.807, 2.05) is 0 Å². The summed E-state index contributed by atoms with van der Waals surface area (Å²) in [6.45, 7) is 1.52. The van der Waals surface area contributed by atoms with Gasteiger partial charge in [-0.2, -0.15) is 0 Å². The number of aromatic amines is 1. The van der Waals surface area contributed by atoms with Crippen LogP contribution in [0.5, 0.6) is 0 Å². The molecule has 7 nitrogen and oxygen atoms in total. The number of nitrogens with zero attached hydrogens (tertiary/aromatic N) is 2. The highest BCUT2D eigenvalue weighted by Crippen LogP contribution is 2.06. The zero-order valence-electron chi connectivity index (χ0n) is 9.26. The van der Waals surface area contributed by atoms with E-state index in [0.717, 1.165) is 12.6 Å². The maximum atomic E-state index is 10.7. The first-order valence-electron chi connectivity index (χ1n) is 4.34. The van der Waals surface area contributed by atoms with Gasteiger partial charge in [0.15, 0.2) is 0 Å². The van der Waals surface area contributed by atoms with E-state index in [1.54, 1.807) is 14.1 Å². The largest absolute Gasteiger partial charge is 0.351 e. The number of carbonyl (C=O) groups is 1. The number of pyridine rings is 1. The van der Waals surface area contributed by atoms with Gasteiger partial charge >= 0.3 is 0 Å². The van der Waals surface area contributed by atoms with E-state index >= 15 is 0 Å². The number of hydrogen-bond acceptors (Lipinski definition) is 4. The molecule has 16 heavy (non-hydrogen) atoms. The average Bonchev–Trinajstić information content (AvgIpc) is 2.22. The van der Waals surface area contributed by atoms with Crippen molar-refractivity contribution >= 4 is 12.1 Å². The average molecular weight is 227 g/mol. The molecule has 0 aliphatic rings. The third-order valence-electron chi connectivity index (χ3n) is 1.50. The van der Waals surface area contributed by atoms with E-state index in [4.69, 9.17) is 0 Å². The van der Waals surface area contributed by atoms with E-state index in [9.17, 15) is 19.7 Å². The molecule has 0 bridgehead atoms. The minimum absolute atomic E-state index is 0.0953. The van der Waals surface area contributed by atoms with Crippen molar-refractivity contribution in [2.45, 2.75) is 6.92 Å². The molecule has 1 aromatic heterocycles. The van der Waals surface area contributed by atoms with Gasteiger partial charge in [-0.05, 0) is 6.92 Å². The third-order valence-corrected chi connectivity index (χ3v) is 1.50. The van der Waals surface area contributed by atoms with Gasteiger partial charge in [0.25, 0.3) is 11.2 Å². The molecule has 0 spiro atoms. The van der Waals surface area contributed by atoms with Crippen LogP contribution in [0.3, 0.4) is 0 Å². The van der Waals surface area contributed by atoms with E-state index in [-0.39, 0.29) is 11.2 Å². The third kappa shape index (κ3) is 4.89. The van der Waals surface area contributed by atoms with E-state index < -0.39 is 4.92 Å². The van der Waals surface area contributed by atoms with Crippen molar-refractivity contribution in [1.82, 2.24) is 9.88 Å². The summed E-state index contributed by atoms with van der Waals surface area (Å²) in [5.74, 6) is 0. The Balaban J connectivity index is 0.000000385. The highest BCUT2D eigenvalue weighted by Gasteiger charge is 2.05. The highest BCUT2D eigenvalue weighted by atomic mass is 16.6. The predicted molar refractivity (Wildman–Crippen MR) is 58.2 cm³/mol. The lowest BCUT2D eigenvalue weighted by Crippen LogP contribution is -2.08. The van der Waals surface area contributed by atoms with Crippen LogP contribution in [0.1, 0.15) is 5.56 Å². The number of rotatable bonds is 2. The van der Waals surface area contributed by atoms with Crippen molar-refractivity contribution < 1.29 is 9.72 Å². The Morgan fingerprint density at radius 1 is 1.50 bits per heavy atom. The molecule has 1 heterocycles. The Hall–Kier alpha value is -2.18. The Labute approximate surface area is 91.9 Å². The van der Waals surface area contributed by atoms with Gasteiger partial charge in [-0.25, -0.2) is 0 Å². The van der Waals surface area contributed by atoms with Crippen LogP contribution in [0, 0.1) is 17.0 Å². The molecule has 1 amide bonds. The molecular weight excluding hydrogens is 214 g/mol. The molecule has 88 valence electrons. The summed E-state index contributed by atoms with van der Waals surface area (Å²) < 4.78 is 0. The Morgan fingerprint density at radius 2 is 2.00 bits per heavy atom. The van der Waals surface area contributed by atoms with Gasteiger partial charge in [-0.3, -0.25) is 19.7 Å². The first-order valence-corrected chi connectivity index (χ1v) is 4.34. The molecule has 0 aliphatic heterocycles. The minimum atomic E-state index is -0.553. The number of H-pyrrole nitrogens is 1. The lowest BCUT2D eigenvalue weighted by molar-refractivity contribution is -0.385. The van der Waals surface area contributed by atoms with E-state index in [1.165, 1.54) is 17.9 Å². The number of aryl methyl sites for hydroxylation is 1. The zero-order valence-corrected chi connectivity index (χ0v) is 9.26. The smallest absolute Gasteiger partial charge is 0.285 e. The van der Waals surface area contributed by atoms with Gasteiger partial charge in [0.2, 0.25) is 6.41 Å². The fourth-order valence-corrected chi connectivity index (χ4v) is 0.688. The van der Waals surface area contributed by atoms with Crippen LogP contribution >= 0.6 is 0 Å². The molecule has 0 atom stereocenters. The molecule has 0 fully saturated rings. The molecule has 1 aromatic rings. The van der Waals surface area contributed by atoms with Crippen molar-refractivity contribution in [3.63, 3.8) is 0 Å².